The van der Waals surface area contributed by atoms with Gasteiger partial charge in [0.2, 0.25) is 0 Å². The molecule has 0 saturated heterocycles. The predicted molar refractivity (Wildman–Crippen MR) is 105 cm³/mol. The molecule has 0 atom stereocenters. The van der Waals surface area contributed by atoms with Crippen molar-refractivity contribution in [3.63, 3.8) is 0 Å². The van der Waals surface area contributed by atoms with Crippen LogP contribution in [0.15, 0.2) is 84.0 Å². The molecule has 0 aliphatic rings. The van der Waals surface area contributed by atoms with Crippen molar-refractivity contribution in [3.05, 3.63) is 95.7 Å². The van der Waals surface area contributed by atoms with Gasteiger partial charge >= 0.3 is 6.36 Å². The van der Waals surface area contributed by atoms with E-state index in [1.165, 1.54) is 18.2 Å². The number of ether oxygens (including phenoxy) is 1. The molecule has 2 aromatic carbocycles. The Hall–Kier alpha value is -3.81. The van der Waals surface area contributed by atoms with Crippen molar-refractivity contribution in [3.8, 4) is 5.75 Å². The molecule has 2 aromatic heterocycles. The summed E-state index contributed by atoms with van der Waals surface area (Å²) in [5, 5.41) is 0.577. The van der Waals surface area contributed by atoms with Gasteiger partial charge in [0, 0.05) is 29.7 Å². The van der Waals surface area contributed by atoms with Crippen LogP contribution in [0.5, 0.6) is 5.75 Å². The first-order chi connectivity index (χ1) is 14.4. The summed E-state index contributed by atoms with van der Waals surface area (Å²) >= 11 is 0. The van der Waals surface area contributed by atoms with E-state index in [1.807, 2.05) is 47.2 Å². The number of amides is 1. The molecule has 4 rings (SSSR count). The average molecular weight is 411 g/mol. The van der Waals surface area contributed by atoms with Gasteiger partial charge in [0.15, 0.2) is 0 Å². The van der Waals surface area contributed by atoms with E-state index >= 15 is 0 Å². The number of halogens is 3. The third kappa shape index (κ3) is 4.60. The van der Waals surface area contributed by atoms with Gasteiger partial charge in [-0.05, 0) is 35.9 Å². The van der Waals surface area contributed by atoms with Gasteiger partial charge in [-0.1, -0.05) is 36.4 Å². The van der Waals surface area contributed by atoms with E-state index in [0.717, 1.165) is 5.56 Å². The topological polar surface area (TPSA) is 59.4 Å². The van der Waals surface area contributed by atoms with Crippen LogP contribution in [0.25, 0.3) is 10.9 Å². The number of fused-ring (bicyclic) bond motifs is 1. The molecule has 1 amide bonds. The lowest BCUT2D eigenvalue weighted by Crippen LogP contribution is -2.22. The molecule has 30 heavy (non-hydrogen) atoms. The zero-order chi connectivity index (χ0) is 21.1. The van der Waals surface area contributed by atoms with Gasteiger partial charge in [0.25, 0.3) is 5.91 Å². The van der Waals surface area contributed by atoms with E-state index in [-0.39, 0.29) is 11.4 Å². The molecule has 5 nitrogen and oxygen atoms in total. The Morgan fingerprint density at radius 3 is 2.53 bits per heavy atom. The number of nitrogens with one attached hydrogen (secondary N) is 1. The first-order valence-corrected chi connectivity index (χ1v) is 9.04. The normalized spacial score (nSPS) is 12.3. The quantitative estimate of drug-likeness (QED) is 0.531. The Labute approximate surface area is 169 Å². The Kier molecular flexibility index (Phi) is 5.14. The number of carbonyl (C=O) groups is 1. The van der Waals surface area contributed by atoms with Crippen LogP contribution in [0, 0.1) is 0 Å². The minimum Gasteiger partial charge on any atom is -0.406 e. The number of hydrogen-bond donors (Lipinski definition) is 1. The molecule has 2 heterocycles. The maximum absolute atomic E-state index is 12.7. The zero-order valence-corrected chi connectivity index (χ0v) is 15.6. The van der Waals surface area contributed by atoms with E-state index in [1.54, 1.807) is 18.2 Å². The minimum absolute atomic E-state index is 0.171. The summed E-state index contributed by atoms with van der Waals surface area (Å²) in [7, 11) is 0. The highest BCUT2D eigenvalue weighted by Gasteiger charge is 2.31. The Morgan fingerprint density at radius 1 is 1.00 bits per heavy atom. The van der Waals surface area contributed by atoms with Gasteiger partial charge in [-0.25, -0.2) is 0 Å². The summed E-state index contributed by atoms with van der Waals surface area (Å²) in [4.78, 5) is 19.7. The first kappa shape index (κ1) is 19.5. The van der Waals surface area contributed by atoms with Gasteiger partial charge in [-0.3, -0.25) is 4.79 Å². The fourth-order valence-electron chi connectivity index (χ4n) is 3.07. The van der Waals surface area contributed by atoms with Crippen LogP contribution in [0.4, 0.5) is 13.2 Å². The van der Waals surface area contributed by atoms with Crippen molar-refractivity contribution >= 4 is 16.8 Å². The predicted octanol–water partition coefficient (Wildman–Crippen LogP) is 4.66. The number of aromatic nitrogens is 2. The number of nitrogens with zero attached hydrogens (tertiary/aromatic N) is 2. The number of rotatable bonds is 4. The number of carbonyl (C=O) groups excluding carboxylic acids is 1. The lowest BCUT2D eigenvalue weighted by molar-refractivity contribution is -0.274. The van der Waals surface area contributed by atoms with Gasteiger partial charge in [0.1, 0.15) is 16.9 Å². The molecule has 1 N–H and O–H groups in total. The highest BCUT2D eigenvalue weighted by molar-refractivity contribution is 5.98. The fraction of sp³-hybridized carbons (Fsp3) is 0.0909. The Bertz CT molecular complexity index is 1260. The van der Waals surface area contributed by atoms with E-state index in [9.17, 15) is 18.0 Å². The molecule has 4 aromatic rings. The van der Waals surface area contributed by atoms with Crippen molar-refractivity contribution in [2.75, 3.05) is 0 Å². The highest BCUT2D eigenvalue weighted by atomic mass is 19.4. The molecule has 0 unspecified atom stereocenters. The second-order valence-corrected chi connectivity index (χ2v) is 6.57. The van der Waals surface area contributed by atoms with Crippen LogP contribution in [0.3, 0.4) is 0 Å². The third-order valence-corrected chi connectivity index (χ3v) is 4.39. The third-order valence-electron chi connectivity index (χ3n) is 4.39. The second kappa shape index (κ2) is 7.90. The van der Waals surface area contributed by atoms with Crippen LogP contribution in [0.2, 0.25) is 0 Å². The zero-order valence-electron chi connectivity index (χ0n) is 15.6. The number of pyridine rings is 1. The molecule has 0 spiro atoms. The van der Waals surface area contributed by atoms with E-state index in [4.69, 9.17) is 0 Å². The summed E-state index contributed by atoms with van der Waals surface area (Å²) < 4.78 is 43.0. The summed E-state index contributed by atoms with van der Waals surface area (Å²) in [5.74, 6) is -0.894. The Balaban J connectivity index is 1.64. The molecule has 0 fully saturated rings. The van der Waals surface area contributed by atoms with Crippen LogP contribution >= 0.6 is 0 Å². The Morgan fingerprint density at radius 2 is 1.77 bits per heavy atom. The van der Waals surface area contributed by atoms with E-state index < -0.39 is 12.3 Å². The van der Waals surface area contributed by atoms with Gasteiger partial charge in [-0.15, -0.1) is 13.2 Å². The van der Waals surface area contributed by atoms with Crippen LogP contribution in [-0.2, 0) is 6.54 Å². The first-order valence-electron chi connectivity index (χ1n) is 9.04. The smallest absolute Gasteiger partial charge is 0.406 e. The molecule has 152 valence electrons. The molecule has 8 heteroatoms. The molecule has 0 saturated carbocycles. The van der Waals surface area contributed by atoms with Gasteiger partial charge < -0.3 is 14.3 Å². The van der Waals surface area contributed by atoms with Crippen molar-refractivity contribution in [2.45, 2.75) is 12.9 Å². The molecule has 0 bridgehead atoms. The largest absolute Gasteiger partial charge is 0.573 e. The van der Waals surface area contributed by atoms with Gasteiger partial charge in [-0.2, -0.15) is 4.99 Å². The molecular formula is C22H16F3N3O2. The van der Waals surface area contributed by atoms with Crippen LogP contribution < -0.4 is 10.2 Å². The maximum Gasteiger partial charge on any atom is 0.573 e. The summed E-state index contributed by atoms with van der Waals surface area (Å²) in [6.45, 7) is 0.540. The summed E-state index contributed by atoms with van der Waals surface area (Å²) in [6.07, 6.45) is -2.96. The second-order valence-electron chi connectivity index (χ2n) is 6.57. The lowest BCUT2D eigenvalue weighted by atomic mass is 10.2. The fourth-order valence-corrected chi connectivity index (χ4v) is 3.07. The number of aromatic amines is 1. The molecule has 0 aliphatic heterocycles. The average Bonchev–Trinajstić information content (AvgIpc) is 3.12. The van der Waals surface area contributed by atoms with Gasteiger partial charge in [0.05, 0.1) is 0 Å². The van der Waals surface area contributed by atoms with Crippen molar-refractivity contribution in [1.29, 1.82) is 0 Å². The standard InChI is InChI=1S/C22H16F3N3O2/c23-22(24,25)30-17-10-9-16-12-19(26-18(16)13-17)21(29)27-20-8-4-5-11-28(20)14-15-6-2-1-3-7-15/h1-13,26H,14H2. The number of benzene rings is 2. The molecule has 0 aliphatic carbocycles. The van der Waals surface area contributed by atoms with Crippen molar-refractivity contribution in [2.24, 2.45) is 4.99 Å². The highest BCUT2D eigenvalue weighted by Crippen LogP contribution is 2.26. The summed E-state index contributed by atoms with van der Waals surface area (Å²) in [5.41, 5.74) is 2.04. The van der Waals surface area contributed by atoms with Crippen LogP contribution in [-0.4, -0.2) is 21.8 Å². The number of alkyl halides is 3. The molecule has 0 radical (unpaired) electrons. The number of H-pyrrole nitrogens is 1. The lowest BCUT2D eigenvalue weighted by Gasteiger charge is -2.08. The SMILES string of the molecule is O=C(N=c1ccccn1Cc1ccccc1)c1cc2ccc(OC(F)(F)F)cc2[nH]1. The van der Waals surface area contributed by atoms with E-state index in [2.05, 4.69) is 14.7 Å². The number of hydrogen-bond acceptors (Lipinski definition) is 2. The monoisotopic (exact) mass is 411 g/mol. The van der Waals surface area contributed by atoms with Crippen LogP contribution in [0.1, 0.15) is 16.1 Å². The van der Waals surface area contributed by atoms with E-state index in [0.29, 0.717) is 22.9 Å². The molecular weight excluding hydrogens is 395 g/mol. The van der Waals surface area contributed by atoms with Crippen molar-refractivity contribution < 1.29 is 22.7 Å². The van der Waals surface area contributed by atoms with Crippen molar-refractivity contribution in [1.82, 2.24) is 9.55 Å². The summed E-state index contributed by atoms with van der Waals surface area (Å²) in [6, 6.07) is 20.5. The minimum atomic E-state index is -4.78. The maximum atomic E-state index is 12.7.